The number of nitrogens with one attached hydrogen (secondary N) is 1. The Bertz CT molecular complexity index is 285. The molecule has 0 radical (unpaired) electrons. The van der Waals surface area contributed by atoms with Crippen molar-refractivity contribution in [3.8, 4) is 0 Å². The van der Waals surface area contributed by atoms with Gasteiger partial charge >= 0.3 is 0 Å². The zero-order valence-corrected chi connectivity index (χ0v) is 12.0. The fourth-order valence-electron chi connectivity index (χ4n) is 3.31. The first-order valence-electron chi connectivity index (χ1n) is 7.28. The Balaban J connectivity index is 1.83. The van der Waals surface area contributed by atoms with Crippen molar-refractivity contribution in [1.29, 1.82) is 0 Å². The largest absolute Gasteiger partial charge is 0.341 e. The molecule has 0 aromatic heterocycles. The molecule has 2 unspecified atom stereocenters. The quantitative estimate of drug-likeness (QED) is 0.790. The molecule has 1 amide bonds. The van der Waals surface area contributed by atoms with Gasteiger partial charge in [-0.25, -0.2) is 0 Å². The van der Waals surface area contributed by atoms with Crippen LogP contribution >= 0.6 is 0 Å². The summed E-state index contributed by atoms with van der Waals surface area (Å²) in [7, 11) is 0. The van der Waals surface area contributed by atoms with E-state index in [2.05, 4.69) is 35.9 Å². The topological polar surface area (TPSA) is 35.6 Å². The number of likely N-dealkylation sites (tertiary alicyclic amines) is 1. The molecule has 2 fully saturated rings. The first-order chi connectivity index (χ1) is 8.54. The zero-order valence-electron chi connectivity index (χ0n) is 12.0. The SMILES string of the molecule is CC1CC(C)CN(C(=O)CN2CCN[C@@H](C)C2)C1. The summed E-state index contributed by atoms with van der Waals surface area (Å²) in [6, 6.07) is 0.505. The Morgan fingerprint density at radius 1 is 1.17 bits per heavy atom. The van der Waals surface area contributed by atoms with Crippen molar-refractivity contribution in [3.63, 3.8) is 0 Å². The molecule has 1 N–H and O–H groups in total. The molecule has 0 saturated carbocycles. The Morgan fingerprint density at radius 2 is 1.83 bits per heavy atom. The van der Waals surface area contributed by atoms with Crippen LogP contribution in [-0.2, 0) is 4.79 Å². The second kappa shape index (κ2) is 6.02. The van der Waals surface area contributed by atoms with Crippen LogP contribution < -0.4 is 5.32 Å². The Hall–Kier alpha value is -0.610. The van der Waals surface area contributed by atoms with Crippen LogP contribution in [0.4, 0.5) is 0 Å². The van der Waals surface area contributed by atoms with Crippen LogP contribution in [0.2, 0.25) is 0 Å². The van der Waals surface area contributed by atoms with Gasteiger partial charge in [-0.2, -0.15) is 0 Å². The summed E-state index contributed by atoms with van der Waals surface area (Å²) in [6.07, 6.45) is 1.26. The highest BCUT2D eigenvalue weighted by Crippen LogP contribution is 2.21. The average Bonchev–Trinajstić information content (AvgIpc) is 2.27. The van der Waals surface area contributed by atoms with Gasteiger partial charge in [-0.15, -0.1) is 0 Å². The molecule has 0 aromatic carbocycles. The van der Waals surface area contributed by atoms with Crippen LogP contribution in [-0.4, -0.2) is 61.0 Å². The van der Waals surface area contributed by atoms with Crippen molar-refractivity contribution in [3.05, 3.63) is 0 Å². The number of carbonyl (C=O) groups excluding carboxylic acids is 1. The van der Waals surface area contributed by atoms with E-state index in [1.165, 1.54) is 6.42 Å². The lowest BCUT2D eigenvalue weighted by Crippen LogP contribution is -2.53. The normalized spacial score (nSPS) is 34.6. The third-order valence-corrected chi connectivity index (χ3v) is 4.03. The van der Waals surface area contributed by atoms with E-state index < -0.39 is 0 Å². The number of piperazine rings is 1. The Labute approximate surface area is 111 Å². The van der Waals surface area contributed by atoms with Crippen LogP contribution in [0.25, 0.3) is 0 Å². The maximum atomic E-state index is 12.3. The molecule has 3 atom stereocenters. The van der Waals surface area contributed by atoms with Crippen LogP contribution in [0.5, 0.6) is 0 Å². The third-order valence-electron chi connectivity index (χ3n) is 4.03. The van der Waals surface area contributed by atoms with Gasteiger partial charge in [0.15, 0.2) is 0 Å². The minimum atomic E-state index is 0.322. The smallest absolute Gasteiger partial charge is 0.236 e. The molecule has 0 spiro atoms. The van der Waals surface area contributed by atoms with Crippen molar-refractivity contribution in [2.75, 3.05) is 39.3 Å². The van der Waals surface area contributed by atoms with Gasteiger partial charge < -0.3 is 10.2 Å². The van der Waals surface area contributed by atoms with Crippen LogP contribution in [0.3, 0.4) is 0 Å². The number of amides is 1. The molecule has 2 aliphatic rings. The van der Waals surface area contributed by atoms with Gasteiger partial charge in [-0.3, -0.25) is 9.69 Å². The molecule has 104 valence electrons. The number of piperidine rings is 1. The fraction of sp³-hybridized carbons (Fsp3) is 0.929. The minimum absolute atomic E-state index is 0.322. The zero-order chi connectivity index (χ0) is 13.1. The van der Waals surface area contributed by atoms with E-state index in [4.69, 9.17) is 0 Å². The predicted molar refractivity (Wildman–Crippen MR) is 73.4 cm³/mol. The van der Waals surface area contributed by atoms with E-state index in [1.54, 1.807) is 0 Å². The van der Waals surface area contributed by atoms with Crippen molar-refractivity contribution < 1.29 is 4.79 Å². The van der Waals surface area contributed by atoms with Gasteiger partial charge in [-0.1, -0.05) is 13.8 Å². The highest BCUT2D eigenvalue weighted by Gasteiger charge is 2.27. The monoisotopic (exact) mass is 253 g/mol. The van der Waals surface area contributed by atoms with Crippen LogP contribution in [0.1, 0.15) is 27.2 Å². The van der Waals surface area contributed by atoms with Gasteiger partial charge in [0.1, 0.15) is 0 Å². The molecule has 2 rings (SSSR count). The summed E-state index contributed by atoms with van der Waals surface area (Å²) in [5, 5.41) is 3.41. The van der Waals surface area contributed by atoms with Crippen LogP contribution in [0.15, 0.2) is 0 Å². The molecule has 0 bridgehead atoms. The summed E-state index contributed by atoms with van der Waals surface area (Å²) in [4.78, 5) is 16.7. The van der Waals surface area contributed by atoms with Crippen molar-refractivity contribution in [2.45, 2.75) is 33.2 Å². The highest BCUT2D eigenvalue weighted by atomic mass is 16.2. The molecule has 2 saturated heterocycles. The molecular weight excluding hydrogens is 226 g/mol. The summed E-state index contributed by atoms with van der Waals surface area (Å²) < 4.78 is 0. The van der Waals surface area contributed by atoms with Gasteiger partial charge in [0, 0.05) is 38.8 Å². The van der Waals surface area contributed by atoms with Gasteiger partial charge in [-0.05, 0) is 25.2 Å². The second-order valence-electron chi connectivity index (χ2n) is 6.34. The lowest BCUT2D eigenvalue weighted by molar-refractivity contribution is -0.135. The van der Waals surface area contributed by atoms with E-state index in [0.717, 1.165) is 32.7 Å². The van der Waals surface area contributed by atoms with Crippen molar-refractivity contribution in [1.82, 2.24) is 15.1 Å². The second-order valence-corrected chi connectivity index (χ2v) is 6.34. The van der Waals surface area contributed by atoms with Crippen molar-refractivity contribution >= 4 is 5.91 Å². The molecule has 0 aliphatic carbocycles. The minimum Gasteiger partial charge on any atom is -0.341 e. The Kier molecular flexibility index (Phi) is 4.62. The van der Waals surface area contributed by atoms with E-state index in [0.29, 0.717) is 30.3 Å². The maximum absolute atomic E-state index is 12.3. The van der Waals surface area contributed by atoms with E-state index >= 15 is 0 Å². The van der Waals surface area contributed by atoms with Crippen LogP contribution in [0, 0.1) is 11.8 Å². The summed E-state index contributed by atoms with van der Waals surface area (Å²) >= 11 is 0. The van der Waals surface area contributed by atoms with Gasteiger partial charge in [0.05, 0.1) is 6.54 Å². The summed E-state index contributed by atoms with van der Waals surface area (Å²) in [5.74, 6) is 1.63. The number of nitrogens with zero attached hydrogens (tertiary/aromatic N) is 2. The van der Waals surface area contributed by atoms with E-state index in [9.17, 15) is 4.79 Å². The average molecular weight is 253 g/mol. The first kappa shape index (κ1) is 13.8. The molecule has 4 nitrogen and oxygen atoms in total. The molecular formula is C14H27N3O. The maximum Gasteiger partial charge on any atom is 0.236 e. The van der Waals surface area contributed by atoms with E-state index in [1.807, 2.05) is 0 Å². The van der Waals surface area contributed by atoms with E-state index in [-0.39, 0.29) is 0 Å². The van der Waals surface area contributed by atoms with Gasteiger partial charge in [0.25, 0.3) is 0 Å². The van der Waals surface area contributed by atoms with Crippen molar-refractivity contribution in [2.24, 2.45) is 11.8 Å². The molecule has 2 heterocycles. The lowest BCUT2D eigenvalue weighted by Gasteiger charge is -2.37. The summed E-state index contributed by atoms with van der Waals surface area (Å²) in [5.41, 5.74) is 0. The molecule has 2 aliphatic heterocycles. The number of hydrogen-bond acceptors (Lipinski definition) is 3. The number of hydrogen-bond donors (Lipinski definition) is 1. The number of carbonyl (C=O) groups is 1. The fourth-order valence-corrected chi connectivity index (χ4v) is 3.31. The predicted octanol–water partition coefficient (Wildman–Crippen LogP) is 0.785. The first-order valence-corrected chi connectivity index (χ1v) is 7.28. The Morgan fingerprint density at radius 3 is 2.44 bits per heavy atom. The molecule has 0 aromatic rings. The molecule has 18 heavy (non-hydrogen) atoms. The highest BCUT2D eigenvalue weighted by molar-refractivity contribution is 5.78. The molecule has 4 heteroatoms. The third kappa shape index (κ3) is 3.69. The number of rotatable bonds is 2. The summed E-state index contributed by atoms with van der Waals surface area (Å²) in [6.45, 7) is 12.2. The van der Waals surface area contributed by atoms with Gasteiger partial charge in [0.2, 0.25) is 5.91 Å². The standard InChI is InChI=1S/C14H27N3O/c1-11-6-12(2)8-17(7-11)14(18)10-16-5-4-15-13(3)9-16/h11-13,15H,4-10H2,1-3H3/t11?,12?,13-/m0/s1. The lowest BCUT2D eigenvalue weighted by atomic mass is 9.92.